The second-order valence-electron chi connectivity index (χ2n) is 5.67. The normalized spacial score (nSPS) is 12.6. The van der Waals surface area contributed by atoms with Crippen molar-refractivity contribution in [1.29, 1.82) is 5.26 Å². The minimum atomic E-state index is -0.341. The second kappa shape index (κ2) is 7.16. The fourth-order valence-corrected chi connectivity index (χ4v) is 1.90. The molecular weight excluding hydrogens is 252 g/mol. The van der Waals surface area contributed by atoms with E-state index >= 15 is 0 Å². The summed E-state index contributed by atoms with van der Waals surface area (Å²) in [6.07, 6.45) is 0.877. The van der Waals surface area contributed by atoms with Crippen molar-refractivity contribution in [3.8, 4) is 17.6 Å². The molecule has 0 amide bonds. The van der Waals surface area contributed by atoms with Gasteiger partial charge in [0.15, 0.2) is 11.5 Å². The number of rotatable bonds is 7. The lowest BCUT2D eigenvalue weighted by Crippen LogP contribution is -2.35. The Labute approximate surface area is 121 Å². The lowest BCUT2D eigenvalue weighted by Gasteiger charge is -2.21. The third kappa shape index (κ3) is 4.75. The first kappa shape index (κ1) is 16.3. The third-order valence-corrected chi connectivity index (χ3v) is 3.18. The van der Waals surface area contributed by atoms with Crippen LogP contribution >= 0.6 is 0 Å². The summed E-state index contributed by atoms with van der Waals surface area (Å²) >= 11 is 0. The molecule has 0 aromatic heterocycles. The number of benzene rings is 1. The van der Waals surface area contributed by atoms with Gasteiger partial charge >= 0.3 is 0 Å². The van der Waals surface area contributed by atoms with Gasteiger partial charge in [-0.1, -0.05) is 6.07 Å². The molecule has 0 aliphatic carbocycles. The molecule has 0 heterocycles. The molecule has 1 aromatic carbocycles. The second-order valence-corrected chi connectivity index (χ2v) is 5.67. The van der Waals surface area contributed by atoms with Gasteiger partial charge in [0.1, 0.15) is 0 Å². The minimum Gasteiger partial charge on any atom is -0.493 e. The summed E-state index contributed by atoms with van der Waals surface area (Å²) in [7, 11) is 3.27. The van der Waals surface area contributed by atoms with Gasteiger partial charge in [-0.25, -0.2) is 0 Å². The first-order valence-electron chi connectivity index (χ1n) is 6.77. The van der Waals surface area contributed by atoms with Crippen LogP contribution in [0.4, 0.5) is 0 Å². The zero-order valence-electron chi connectivity index (χ0n) is 13.0. The first-order valence-corrected chi connectivity index (χ1v) is 6.77. The topological polar surface area (TPSA) is 54.3 Å². The van der Waals surface area contributed by atoms with Gasteiger partial charge in [0.2, 0.25) is 0 Å². The molecule has 20 heavy (non-hydrogen) atoms. The van der Waals surface area contributed by atoms with Gasteiger partial charge < -0.3 is 14.8 Å². The summed E-state index contributed by atoms with van der Waals surface area (Å²) in [5.74, 6) is 1.48. The van der Waals surface area contributed by atoms with Gasteiger partial charge in [-0.05, 0) is 44.9 Å². The van der Waals surface area contributed by atoms with Crippen LogP contribution in [0.15, 0.2) is 18.2 Å². The summed E-state index contributed by atoms with van der Waals surface area (Å²) in [4.78, 5) is 0. The maximum Gasteiger partial charge on any atom is 0.160 e. The lowest BCUT2D eigenvalue weighted by molar-refractivity contribution is 0.354. The maximum atomic E-state index is 9.00. The quantitative estimate of drug-likeness (QED) is 0.832. The van der Waals surface area contributed by atoms with E-state index in [-0.39, 0.29) is 5.41 Å². The molecule has 4 heteroatoms. The predicted molar refractivity (Wildman–Crippen MR) is 80.1 cm³/mol. The van der Waals surface area contributed by atoms with Crippen LogP contribution in [0.1, 0.15) is 26.3 Å². The summed E-state index contributed by atoms with van der Waals surface area (Å²) in [5, 5.41) is 12.4. The first-order chi connectivity index (χ1) is 9.41. The summed E-state index contributed by atoms with van der Waals surface area (Å²) < 4.78 is 10.5. The highest BCUT2D eigenvalue weighted by Crippen LogP contribution is 2.28. The molecule has 0 spiro atoms. The van der Waals surface area contributed by atoms with Crippen LogP contribution in [0.5, 0.6) is 11.5 Å². The lowest BCUT2D eigenvalue weighted by atomic mass is 9.95. The Morgan fingerprint density at radius 1 is 1.25 bits per heavy atom. The van der Waals surface area contributed by atoms with Crippen molar-refractivity contribution >= 4 is 0 Å². The van der Waals surface area contributed by atoms with Crippen LogP contribution < -0.4 is 14.8 Å². The smallest absolute Gasteiger partial charge is 0.160 e. The van der Waals surface area contributed by atoms with E-state index in [2.05, 4.69) is 18.3 Å². The molecule has 0 radical (unpaired) electrons. The van der Waals surface area contributed by atoms with E-state index in [0.717, 1.165) is 17.9 Å². The molecule has 0 aliphatic heterocycles. The average molecular weight is 276 g/mol. The Kier molecular flexibility index (Phi) is 5.84. The van der Waals surface area contributed by atoms with E-state index in [1.807, 2.05) is 32.0 Å². The molecule has 1 rings (SSSR count). The molecule has 0 saturated heterocycles. The number of ether oxygens (including phenoxy) is 2. The highest BCUT2D eigenvalue weighted by atomic mass is 16.5. The van der Waals surface area contributed by atoms with Crippen molar-refractivity contribution in [2.45, 2.75) is 33.2 Å². The van der Waals surface area contributed by atoms with Crippen molar-refractivity contribution < 1.29 is 9.47 Å². The molecule has 0 aliphatic rings. The summed E-state index contributed by atoms with van der Waals surface area (Å²) in [5.41, 5.74) is 0.837. The summed E-state index contributed by atoms with van der Waals surface area (Å²) in [6, 6.07) is 8.53. The Morgan fingerprint density at radius 2 is 1.90 bits per heavy atom. The van der Waals surface area contributed by atoms with Crippen LogP contribution in [0.25, 0.3) is 0 Å². The Morgan fingerprint density at radius 3 is 2.45 bits per heavy atom. The zero-order chi connectivity index (χ0) is 15.2. The standard InChI is InChI=1S/C16H24N2O2/c1-12(18-11-16(2,3)10-17)8-13-6-7-14(19-4)15(9-13)20-5/h6-7,9,12,18H,8,11H2,1-5H3. The Balaban J connectivity index is 2.62. The molecule has 0 fully saturated rings. The van der Waals surface area contributed by atoms with Gasteiger partial charge in [-0.15, -0.1) is 0 Å². The Hall–Kier alpha value is -1.73. The number of hydrogen-bond donors (Lipinski definition) is 1. The third-order valence-electron chi connectivity index (χ3n) is 3.18. The monoisotopic (exact) mass is 276 g/mol. The number of nitrogens with zero attached hydrogens (tertiary/aromatic N) is 1. The average Bonchev–Trinajstić information content (AvgIpc) is 2.45. The van der Waals surface area contributed by atoms with Crippen LogP contribution in [0.2, 0.25) is 0 Å². The van der Waals surface area contributed by atoms with Crippen molar-refractivity contribution in [2.75, 3.05) is 20.8 Å². The van der Waals surface area contributed by atoms with E-state index in [1.165, 1.54) is 5.56 Å². The van der Waals surface area contributed by atoms with E-state index in [4.69, 9.17) is 14.7 Å². The number of hydrogen-bond acceptors (Lipinski definition) is 4. The largest absolute Gasteiger partial charge is 0.493 e. The fourth-order valence-electron chi connectivity index (χ4n) is 1.90. The minimum absolute atomic E-state index is 0.292. The van der Waals surface area contributed by atoms with Gasteiger partial charge in [-0.2, -0.15) is 5.26 Å². The molecule has 0 bridgehead atoms. The molecule has 4 nitrogen and oxygen atoms in total. The van der Waals surface area contributed by atoms with Crippen LogP contribution in [0, 0.1) is 16.7 Å². The van der Waals surface area contributed by atoms with Gasteiger partial charge in [0.25, 0.3) is 0 Å². The van der Waals surface area contributed by atoms with E-state index in [1.54, 1.807) is 14.2 Å². The van der Waals surface area contributed by atoms with Crippen molar-refractivity contribution in [1.82, 2.24) is 5.32 Å². The molecule has 110 valence electrons. The SMILES string of the molecule is COc1ccc(CC(C)NCC(C)(C)C#N)cc1OC. The van der Waals surface area contributed by atoms with E-state index in [0.29, 0.717) is 12.6 Å². The highest BCUT2D eigenvalue weighted by molar-refractivity contribution is 5.43. The van der Waals surface area contributed by atoms with Crippen LogP contribution in [0.3, 0.4) is 0 Å². The predicted octanol–water partition coefficient (Wildman–Crippen LogP) is 2.77. The van der Waals surface area contributed by atoms with Crippen molar-refractivity contribution in [3.05, 3.63) is 23.8 Å². The molecule has 1 atom stereocenters. The molecule has 1 aromatic rings. The molecule has 1 unspecified atom stereocenters. The number of nitrogens with one attached hydrogen (secondary N) is 1. The molecule has 0 saturated carbocycles. The highest BCUT2D eigenvalue weighted by Gasteiger charge is 2.17. The Bertz CT molecular complexity index is 478. The number of methoxy groups -OCH3 is 2. The zero-order valence-corrected chi connectivity index (χ0v) is 13.0. The van der Waals surface area contributed by atoms with Gasteiger partial charge in [-0.3, -0.25) is 0 Å². The van der Waals surface area contributed by atoms with Crippen molar-refractivity contribution in [3.63, 3.8) is 0 Å². The van der Waals surface area contributed by atoms with Crippen molar-refractivity contribution in [2.24, 2.45) is 5.41 Å². The van der Waals surface area contributed by atoms with Gasteiger partial charge in [0, 0.05) is 12.6 Å². The van der Waals surface area contributed by atoms with Crippen LogP contribution in [-0.2, 0) is 6.42 Å². The molecule has 1 N–H and O–H groups in total. The number of nitriles is 1. The van der Waals surface area contributed by atoms with E-state index < -0.39 is 0 Å². The fraction of sp³-hybridized carbons (Fsp3) is 0.562. The van der Waals surface area contributed by atoms with Crippen LogP contribution in [-0.4, -0.2) is 26.8 Å². The summed E-state index contributed by atoms with van der Waals surface area (Å²) in [6.45, 7) is 6.66. The van der Waals surface area contributed by atoms with Gasteiger partial charge in [0.05, 0.1) is 25.7 Å². The molecular formula is C16H24N2O2. The van der Waals surface area contributed by atoms with E-state index in [9.17, 15) is 0 Å². The maximum absolute atomic E-state index is 9.00.